The molecule has 1 heterocycles. The summed E-state index contributed by atoms with van der Waals surface area (Å²) >= 11 is 0. The standard InChI is InChI=1S/C17H18N2O3S/c1-18-11-13-3-5-15(23(2,20)21)10-17(13)22-14-4-6-16-12(9-14)7-8-19-16/h3-10,18-19H,11H2,1-2H3. The summed E-state index contributed by atoms with van der Waals surface area (Å²) in [4.78, 5) is 3.37. The van der Waals surface area contributed by atoms with Crippen LogP contribution in [0.3, 0.4) is 0 Å². The summed E-state index contributed by atoms with van der Waals surface area (Å²) in [5.41, 5.74) is 1.92. The molecule has 0 radical (unpaired) electrons. The number of sulfone groups is 1. The zero-order chi connectivity index (χ0) is 16.4. The third kappa shape index (κ3) is 3.38. The van der Waals surface area contributed by atoms with E-state index in [4.69, 9.17) is 4.74 Å². The van der Waals surface area contributed by atoms with E-state index in [9.17, 15) is 8.42 Å². The van der Waals surface area contributed by atoms with Crippen molar-refractivity contribution in [3.8, 4) is 11.5 Å². The molecule has 0 bridgehead atoms. The zero-order valence-corrected chi connectivity index (χ0v) is 13.8. The van der Waals surface area contributed by atoms with E-state index >= 15 is 0 Å². The van der Waals surface area contributed by atoms with Crippen LogP contribution in [0.2, 0.25) is 0 Å². The van der Waals surface area contributed by atoms with Gasteiger partial charge in [-0.15, -0.1) is 0 Å². The second kappa shape index (κ2) is 6.06. The van der Waals surface area contributed by atoms with E-state index < -0.39 is 9.84 Å². The number of H-pyrrole nitrogens is 1. The maximum Gasteiger partial charge on any atom is 0.175 e. The SMILES string of the molecule is CNCc1ccc(S(C)(=O)=O)cc1Oc1ccc2[nH]ccc2c1. The zero-order valence-electron chi connectivity index (χ0n) is 13.0. The molecular formula is C17H18N2O3S. The second-order valence-electron chi connectivity index (χ2n) is 5.40. The third-order valence-corrected chi connectivity index (χ3v) is 4.70. The van der Waals surface area contributed by atoms with Gasteiger partial charge >= 0.3 is 0 Å². The third-order valence-electron chi connectivity index (χ3n) is 3.59. The van der Waals surface area contributed by atoms with Gasteiger partial charge in [-0.1, -0.05) is 6.07 Å². The fraction of sp³-hybridized carbons (Fsp3) is 0.176. The summed E-state index contributed by atoms with van der Waals surface area (Å²) in [6.07, 6.45) is 3.06. The second-order valence-corrected chi connectivity index (χ2v) is 7.42. The van der Waals surface area contributed by atoms with E-state index in [-0.39, 0.29) is 4.90 Å². The van der Waals surface area contributed by atoms with Gasteiger partial charge < -0.3 is 15.0 Å². The molecule has 6 heteroatoms. The van der Waals surface area contributed by atoms with E-state index in [2.05, 4.69) is 10.3 Å². The Hall–Kier alpha value is -2.31. The van der Waals surface area contributed by atoms with Crippen LogP contribution in [0.5, 0.6) is 11.5 Å². The average Bonchev–Trinajstić information content (AvgIpc) is 2.96. The number of aromatic nitrogens is 1. The van der Waals surface area contributed by atoms with Crippen molar-refractivity contribution in [3.05, 3.63) is 54.2 Å². The predicted octanol–water partition coefficient (Wildman–Crippen LogP) is 3.08. The highest BCUT2D eigenvalue weighted by molar-refractivity contribution is 7.90. The lowest BCUT2D eigenvalue weighted by Gasteiger charge is -2.12. The molecule has 2 aromatic carbocycles. The van der Waals surface area contributed by atoms with Crippen LogP contribution in [-0.2, 0) is 16.4 Å². The minimum Gasteiger partial charge on any atom is -0.457 e. The molecule has 0 unspecified atom stereocenters. The van der Waals surface area contributed by atoms with Gasteiger partial charge in [-0.25, -0.2) is 8.42 Å². The number of fused-ring (bicyclic) bond motifs is 1. The van der Waals surface area contributed by atoms with Crippen LogP contribution in [0.15, 0.2) is 53.6 Å². The van der Waals surface area contributed by atoms with Crippen molar-refractivity contribution in [1.29, 1.82) is 0 Å². The fourth-order valence-electron chi connectivity index (χ4n) is 2.42. The van der Waals surface area contributed by atoms with E-state index in [0.717, 1.165) is 16.5 Å². The Morgan fingerprint density at radius 1 is 1.13 bits per heavy atom. The summed E-state index contributed by atoms with van der Waals surface area (Å²) in [7, 11) is -1.45. The lowest BCUT2D eigenvalue weighted by molar-refractivity contribution is 0.473. The fourth-order valence-corrected chi connectivity index (χ4v) is 3.06. The van der Waals surface area contributed by atoms with Gasteiger partial charge in [0.1, 0.15) is 11.5 Å². The number of rotatable bonds is 5. The smallest absolute Gasteiger partial charge is 0.175 e. The van der Waals surface area contributed by atoms with E-state index in [1.54, 1.807) is 18.2 Å². The quantitative estimate of drug-likeness (QED) is 0.754. The molecule has 0 spiro atoms. The Bertz CT molecular complexity index is 945. The first-order valence-corrected chi connectivity index (χ1v) is 9.09. The molecule has 0 saturated carbocycles. The molecule has 0 aliphatic carbocycles. The van der Waals surface area contributed by atoms with E-state index in [1.165, 1.54) is 6.26 Å². The Balaban J connectivity index is 2.01. The molecule has 0 atom stereocenters. The molecular weight excluding hydrogens is 312 g/mol. The highest BCUT2D eigenvalue weighted by Gasteiger charge is 2.13. The average molecular weight is 330 g/mol. The molecule has 23 heavy (non-hydrogen) atoms. The van der Waals surface area contributed by atoms with Crippen LogP contribution in [-0.4, -0.2) is 26.7 Å². The van der Waals surface area contributed by atoms with E-state index in [1.807, 2.05) is 37.5 Å². The number of hydrogen-bond acceptors (Lipinski definition) is 4. The van der Waals surface area contributed by atoms with Crippen molar-refractivity contribution in [2.75, 3.05) is 13.3 Å². The van der Waals surface area contributed by atoms with Crippen LogP contribution in [0, 0.1) is 0 Å². The van der Waals surface area contributed by atoms with Crippen molar-refractivity contribution in [2.24, 2.45) is 0 Å². The molecule has 0 fully saturated rings. The van der Waals surface area contributed by atoms with Crippen molar-refractivity contribution in [3.63, 3.8) is 0 Å². The predicted molar refractivity (Wildman–Crippen MR) is 90.7 cm³/mol. The van der Waals surface area contributed by atoms with Crippen LogP contribution in [0.4, 0.5) is 0 Å². The molecule has 2 N–H and O–H groups in total. The van der Waals surface area contributed by atoms with Gasteiger partial charge in [0.05, 0.1) is 4.90 Å². The van der Waals surface area contributed by atoms with Crippen LogP contribution in [0.25, 0.3) is 10.9 Å². The first kappa shape index (κ1) is 15.6. The maximum absolute atomic E-state index is 11.8. The van der Waals surface area contributed by atoms with Crippen LogP contribution < -0.4 is 10.1 Å². The van der Waals surface area contributed by atoms with Gasteiger partial charge in [0, 0.05) is 35.5 Å². The van der Waals surface area contributed by atoms with Crippen molar-refractivity contribution >= 4 is 20.7 Å². The van der Waals surface area contributed by atoms with Gasteiger partial charge in [0.15, 0.2) is 9.84 Å². The molecule has 0 amide bonds. The summed E-state index contributed by atoms with van der Waals surface area (Å²) in [6, 6.07) is 12.6. The molecule has 120 valence electrons. The lowest BCUT2D eigenvalue weighted by atomic mass is 10.2. The normalized spacial score (nSPS) is 11.7. The highest BCUT2D eigenvalue weighted by atomic mass is 32.2. The lowest BCUT2D eigenvalue weighted by Crippen LogP contribution is -2.07. The Morgan fingerprint density at radius 2 is 1.96 bits per heavy atom. The Labute approximate surface area is 135 Å². The maximum atomic E-state index is 11.8. The molecule has 0 aliphatic rings. The molecule has 0 saturated heterocycles. The van der Waals surface area contributed by atoms with Crippen LogP contribution >= 0.6 is 0 Å². The Morgan fingerprint density at radius 3 is 2.70 bits per heavy atom. The monoisotopic (exact) mass is 330 g/mol. The summed E-state index contributed by atoms with van der Waals surface area (Å²) < 4.78 is 29.5. The summed E-state index contributed by atoms with van der Waals surface area (Å²) in [5.74, 6) is 1.21. The molecule has 3 rings (SSSR count). The first-order valence-electron chi connectivity index (χ1n) is 7.20. The van der Waals surface area contributed by atoms with Crippen molar-refractivity contribution in [2.45, 2.75) is 11.4 Å². The minimum absolute atomic E-state index is 0.245. The Kier molecular flexibility index (Phi) is 4.11. The molecule has 3 aromatic rings. The molecule has 1 aromatic heterocycles. The number of hydrogen-bond donors (Lipinski definition) is 2. The van der Waals surface area contributed by atoms with Crippen molar-refractivity contribution in [1.82, 2.24) is 10.3 Å². The topological polar surface area (TPSA) is 71.2 Å². The highest BCUT2D eigenvalue weighted by Crippen LogP contribution is 2.30. The van der Waals surface area contributed by atoms with Gasteiger partial charge in [-0.2, -0.15) is 0 Å². The number of benzene rings is 2. The molecule has 0 aliphatic heterocycles. The van der Waals surface area contributed by atoms with Crippen molar-refractivity contribution < 1.29 is 13.2 Å². The largest absolute Gasteiger partial charge is 0.457 e. The minimum atomic E-state index is -3.28. The van der Waals surface area contributed by atoms with Gasteiger partial charge in [0.2, 0.25) is 0 Å². The van der Waals surface area contributed by atoms with Gasteiger partial charge in [0.25, 0.3) is 0 Å². The first-order chi connectivity index (χ1) is 11.0. The number of nitrogens with one attached hydrogen (secondary N) is 2. The van der Waals surface area contributed by atoms with Gasteiger partial charge in [-0.3, -0.25) is 0 Å². The summed E-state index contributed by atoms with van der Waals surface area (Å²) in [5, 5.41) is 4.10. The number of aromatic amines is 1. The number of ether oxygens (including phenoxy) is 1. The van der Waals surface area contributed by atoms with Crippen LogP contribution in [0.1, 0.15) is 5.56 Å². The van der Waals surface area contributed by atoms with E-state index in [0.29, 0.717) is 18.0 Å². The summed E-state index contributed by atoms with van der Waals surface area (Å²) in [6.45, 7) is 0.589. The van der Waals surface area contributed by atoms with Gasteiger partial charge in [-0.05, 0) is 43.4 Å². The molecule has 5 nitrogen and oxygen atoms in total.